The lowest BCUT2D eigenvalue weighted by atomic mass is 9.96. The molecule has 0 radical (unpaired) electrons. The molecule has 1 saturated heterocycles. The molecule has 1 N–H and O–H groups in total. The van der Waals surface area contributed by atoms with Crippen LogP contribution in [0.3, 0.4) is 0 Å². The molecule has 1 aromatic heterocycles. The number of benzene rings is 1. The van der Waals surface area contributed by atoms with Gasteiger partial charge in [0.05, 0.1) is 17.6 Å². The summed E-state index contributed by atoms with van der Waals surface area (Å²) >= 11 is 3.33. The van der Waals surface area contributed by atoms with Gasteiger partial charge in [0.2, 0.25) is 5.91 Å². The number of hydrogen-bond acceptors (Lipinski definition) is 4. The number of halogens is 1. The molecule has 0 spiro atoms. The van der Waals surface area contributed by atoms with Gasteiger partial charge in [-0.2, -0.15) is 5.26 Å². The average molecular weight is 399 g/mol. The van der Waals surface area contributed by atoms with Crippen LogP contribution >= 0.6 is 15.9 Å². The number of nitrogens with one attached hydrogen (secondary N) is 1. The number of pyridine rings is 1. The topological polar surface area (TPSA) is 69.0 Å². The minimum Gasteiger partial charge on any atom is -0.310 e. The number of piperidine rings is 1. The summed E-state index contributed by atoms with van der Waals surface area (Å²) in [4.78, 5) is 19.0. The van der Waals surface area contributed by atoms with E-state index in [2.05, 4.69) is 37.2 Å². The minimum atomic E-state index is -0.0616. The smallest absolute Gasteiger partial charge is 0.229 e. The van der Waals surface area contributed by atoms with Crippen LogP contribution in [0, 0.1) is 17.2 Å². The maximum Gasteiger partial charge on any atom is 0.229 e. The average Bonchev–Trinajstić information content (AvgIpc) is 2.64. The van der Waals surface area contributed by atoms with Crippen LogP contribution in [0.25, 0.3) is 0 Å². The van der Waals surface area contributed by atoms with Crippen LogP contribution in [0.5, 0.6) is 0 Å². The van der Waals surface area contributed by atoms with Gasteiger partial charge < -0.3 is 5.32 Å². The molecule has 5 nitrogen and oxygen atoms in total. The lowest BCUT2D eigenvalue weighted by molar-refractivity contribution is -0.121. The fraction of sp³-hybridized carbons (Fsp3) is 0.316. The van der Waals surface area contributed by atoms with Gasteiger partial charge in [-0.15, -0.1) is 0 Å². The molecule has 0 aliphatic carbocycles. The summed E-state index contributed by atoms with van der Waals surface area (Å²) in [6, 6.07) is 13.5. The van der Waals surface area contributed by atoms with Crippen LogP contribution in [0.15, 0.2) is 47.1 Å². The minimum absolute atomic E-state index is 0.00749. The number of carbonyl (C=O) groups excluding carboxylic acids is 1. The van der Waals surface area contributed by atoms with Gasteiger partial charge in [-0.25, -0.2) is 4.98 Å². The van der Waals surface area contributed by atoms with Crippen molar-refractivity contribution in [2.24, 2.45) is 5.92 Å². The molecular formula is C19H19BrN4O. The molecule has 1 unspecified atom stereocenters. The highest BCUT2D eigenvalue weighted by atomic mass is 79.9. The molecule has 0 bridgehead atoms. The number of nitriles is 1. The van der Waals surface area contributed by atoms with Gasteiger partial charge in [-0.3, -0.25) is 9.69 Å². The Balaban J connectivity index is 1.61. The molecule has 25 heavy (non-hydrogen) atoms. The van der Waals surface area contributed by atoms with E-state index in [9.17, 15) is 10.1 Å². The van der Waals surface area contributed by atoms with E-state index in [1.807, 2.05) is 30.3 Å². The molecule has 2 aromatic rings. The Hall–Kier alpha value is -2.23. The first-order chi connectivity index (χ1) is 12.2. The van der Waals surface area contributed by atoms with Crippen LogP contribution < -0.4 is 5.32 Å². The summed E-state index contributed by atoms with van der Waals surface area (Å²) in [5.41, 5.74) is 1.72. The van der Waals surface area contributed by atoms with E-state index in [-0.39, 0.29) is 11.8 Å². The Morgan fingerprint density at radius 2 is 2.20 bits per heavy atom. The molecular weight excluding hydrogens is 380 g/mol. The van der Waals surface area contributed by atoms with E-state index in [4.69, 9.17) is 0 Å². The highest BCUT2D eigenvalue weighted by Gasteiger charge is 2.26. The lowest BCUT2D eigenvalue weighted by Crippen LogP contribution is -2.40. The number of hydrogen-bond donors (Lipinski definition) is 1. The van der Waals surface area contributed by atoms with Gasteiger partial charge in [-0.05, 0) is 59.1 Å². The molecule has 6 heteroatoms. The normalized spacial score (nSPS) is 17.7. The molecule has 1 fully saturated rings. The van der Waals surface area contributed by atoms with E-state index in [1.165, 1.54) is 0 Å². The second kappa shape index (κ2) is 8.24. The van der Waals surface area contributed by atoms with E-state index >= 15 is 0 Å². The second-order valence-electron chi connectivity index (χ2n) is 6.19. The molecule has 1 aliphatic heterocycles. The molecule has 1 aromatic carbocycles. The SMILES string of the molecule is N#Cc1ccccc1CN1CCCC(C(=O)Nc2ccc(Br)cn2)C1. The molecule has 2 heterocycles. The third-order valence-corrected chi connectivity index (χ3v) is 4.86. The number of carbonyl (C=O) groups is 1. The zero-order valence-electron chi connectivity index (χ0n) is 13.8. The predicted molar refractivity (Wildman–Crippen MR) is 99.7 cm³/mol. The van der Waals surface area contributed by atoms with E-state index in [0.717, 1.165) is 29.4 Å². The van der Waals surface area contributed by atoms with E-state index < -0.39 is 0 Å². The summed E-state index contributed by atoms with van der Waals surface area (Å²) in [5.74, 6) is 0.515. The fourth-order valence-corrected chi connectivity index (χ4v) is 3.33. The standard InChI is InChI=1S/C19H19BrN4O/c20-17-7-8-18(22-11-17)23-19(25)16-6-3-9-24(13-16)12-15-5-2-1-4-14(15)10-21/h1-2,4-5,7-8,11,16H,3,6,9,12-13H2,(H,22,23,25). The van der Waals surface area contributed by atoms with Crippen molar-refractivity contribution in [1.29, 1.82) is 5.26 Å². The van der Waals surface area contributed by atoms with Crippen molar-refractivity contribution in [3.05, 3.63) is 58.2 Å². The van der Waals surface area contributed by atoms with E-state index in [0.29, 0.717) is 24.5 Å². The second-order valence-corrected chi connectivity index (χ2v) is 7.11. The Morgan fingerprint density at radius 3 is 2.96 bits per heavy atom. The number of aromatic nitrogens is 1. The first kappa shape index (κ1) is 17.6. The van der Waals surface area contributed by atoms with Crippen molar-refractivity contribution < 1.29 is 4.79 Å². The maximum atomic E-state index is 12.5. The van der Waals surface area contributed by atoms with Crippen LogP contribution in [-0.2, 0) is 11.3 Å². The van der Waals surface area contributed by atoms with Gasteiger partial charge >= 0.3 is 0 Å². The Kier molecular flexibility index (Phi) is 5.79. The number of anilines is 1. The molecule has 1 atom stereocenters. The highest BCUT2D eigenvalue weighted by Crippen LogP contribution is 2.21. The predicted octanol–water partition coefficient (Wildman–Crippen LogP) is 3.57. The van der Waals surface area contributed by atoms with Crippen molar-refractivity contribution in [1.82, 2.24) is 9.88 Å². The summed E-state index contributed by atoms with van der Waals surface area (Å²) in [5, 5.41) is 12.1. The summed E-state index contributed by atoms with van der Waals surface area (Å²) in [6.45, 7) is 2.34. The zero-order valence-corrected chi connectivity index (χ0v) is 15.4. The monoisotopic (exact) mass is 398 g/mol. The summed E-state index contributed by atoms with van der Waals surface area (Å²) < 4.78 is 0.880. The summed E-state index contributed by atoms with van der Waals surface area (Å²) in [6.07, 6.45) is 3.51. The zero-order chi connectivity index (χ0) is 17.6. The van der Waals surface area contributed by atoms with Crippen molar-refractivity contribution in [2.45, 2.75) is 19.4 Å². The van der Waals surface area contributed by atoms with Crippen molar-refractivity contribution >= 4 is 27.7 Å². The van der Waals surface area contributed by atoms with Gasteiger partial charge in [0.25, 0.3) is 0 Å². The largest absolute Gasteiger partial charge is 0.310 e. The molecule has 1 amide bonds. The maximum absolute atomic E-state index is 12.5. The van der Waals surface area contributed by atoms with Crippen LogP contribution in [-0.4, -0.2) is 28.9 Å². The number of amides is 1. The van der Waals surface area contributed by atoms with Crippen molar-refractivity contribution in [2.75, 3.05) is 18.4 Å². The third-order valence-electron chi connectivity index (χ3n) is 4.39. The molecule has 1 aliphatic rings. The Bertz CT molecular complexity index is 785. The summed E-state index contributed by atoms with van der Waals surface area (Å²) in [7, 11) is 0. The van der Waals surface area contributed by atoms with Crippen LogP contribution in [0.1, 0.15) is 24.0 Å². The van der Waals surface area contributed by atoms with Crippen LogP contribution in [0.2, 0.25) is 0 Å². The molecule has 0 saturated carbocycles. The highest BCUT2D eigenvalue weighted by molar-refractivity contribution is 9.10. The molecule has 3 rings (SSSR count). The van der Waals surface area contributed by atoms with Gasteiger partial charge in [0.1, 0.15) is 5.82 Å². The van der Waals surface area contributed by atoms with Crippen molar-refractivity contribution in [3.63, 3.8) is 0 Å². The number of nitrogens with zero attached hydrogens (tertiary/aromatic N) is 3. The number of likely N-dealkylation sites (tertiary alicyclic amines) is 1. The van der Waals surface area contributed by atoms with Gasteiger partial charge in [-0.1, -0.05) is 18.2 Å². The quantitative estimate of drug-likeness (QED) is 0.854. The Morgan fingerprint density at radius 1 is 1.36 bits per heavy atom. The van der Waals surface area contributed by atoms with Gasteiger partial charge in [0, 0.05) is 23.8 Å². The first-order valence-corrected chi connectivity index (χ1v) is 9.08. The fourth-order valence-electron chi connectivity index (χ4n) is 3.10. The first-order valence-electron chi connectivity index (χ1n) is 8.28. The third kappa shape index (κ3) is 4.65. The lowest BCUT2D eigenvalue weighted by Gasteiger charge is -2.32. The van der Waals surface area contributed by atoms with E-state index in [1.54, 1.807) is 12.3 Å². The van der Waals surface area contributed by atoms with Gasteiger partial charge in [0.15, 0.2) is 0 Å². The molecule has 128 valence electrons. The van der Waals surface area contributed by atoms with Crippen LogP contribution in [0.4, 0.5) is 5.82 Å². The van der Waals surface area contributed by atoms with Crippen molar-refractivity contribution in [3.8, 4) is 6.07 Å². The number of rotatable bonds is 4. The Labute approximate surface area is 155 Å².